The van der Waals surface area contributed by atoms with Gasteiger partial charge in [0.15, 0.2) is 0 Å². The van der Waals surface area contributed by atoms with E-state index in [2.05, 4.69) is 41.7 Å². The van der Waals surface area contributed by atoms with Gasteiger partial charge in [0, 0.05) is 24.4 Å². The van der Waals surface area contributed by atoms with E-state index in [-0.39, 0.29) is 23.3 Å². The number of hydrogen-bond donors (Lipinski definition) is 1. The van der Waals surface area contributed by atoms with E-state index in [1.807, 2.05) is 82.3 Å². The monoisotopic (exact) mass is 456 g/mol. The number of nitrogens with zero attached hydrogens (tertiary/aromatic N) is 1. The summed E-state index contributed by atoms with van der Waals surface area (Å²) in [6.45, 7) is 8.17. The van der Waals surface area contributed by atoms with Gasteiger partial charge in [-0.1, -0.05) is 91.0 Å². The normalized spacial score (nSPS) is 12.3. The Bertz CT molecular complexity index is 1000. The van der Waals surface area contributed by atoms with E-state index in [9.17, 15) is 9.59 Å². The molecule has 0 radical (unpaired) electrons. The molecule has 0 saturated carbocycles. The van der Waals surface area contributed by atoms with Crippen LogP contribution in [0.4, 0.5) is 0 Å². The van der Waals surface area contributed by atoms with Gasteiger partial charge < -0.3 is 10.2 Å². The summed E-state index contributed by atoms with van der Waals surface area (Å²) >= 11 is 0. The third-order valence-electron chi connectivity index (χ3n) is 5.93. The van der Waals surface area contributed by atoms with Crippen LogP contribution in [-0.4, -0.2) is 34.8 Å². The Kier molecular flexibility index (Phi) is 8.64. The molecule has 4 heteroatoms. The molecule has 3 aromatic rings. The van der Waals surface area contributed by atoms with Gasteiger partial charge in [0.1, 0.15) is 6.04 Å². The summed E-state index contributed by atoms with van der Waals surface area (Å²) in [4.78, 5) is 28.6. The van der Waals surface area contributed by atoms with Crippen molar-refractivity contribution in [3.8, 4) is 0 Å². The van der Waals surface area contributed by atoms with Crippen LogP contribution < -0.4 is 5.32 Å². The topological polar surface area (TPSA) is 49.4 Å². The summed E-state index contributed by atoms with van der Waals surface area (Å²) in [5, 5.41) is 3.04. The first-order valence-corrected chi connectivity index (χ1v) is 12.0. The quantitative estimate of drug-likeness (QED) is 0.457. The summed E-state index contributed by atoms with van der Waals surface area (Å²) in [5.41, 5.74) is 2.97. The first kappa shape index (κ1) is 25.2. The van der Waals surface area contributed by atoms with Gasteiger partial charge in [0.2, 0.25) is 11.8 Å². The van der Waals surface area contributed by atoms with Crippen LogP contribution >= 0.6 is 0 Å². The van der Waals surface area contributed by atoms with Crippen molar-refractivity contribution in [1.82, 2.24) is 10.2 Å². The molecule has 34 heavy (non-hydrogen) atoms. The zero-order valence-electron chi connectivity index (χ0n) is 20.7. The second kappa shape index (κ2) is 11.6. The average Bonchev–Trinajstić information content (AvgIpc) is 2.83. The molecule has 0 saturated heterocycles. The second-order valence-corrected chi connectivity index (χ2v) is 9.82. The van der Waals surface area contributed by atoms with Gasteiger partial charge in [-0.25, -0.2) is 0 Å². The standard InChI is InChI=1S/C30H36N2O2/c1-23(29(34)31-30(2,3)4)32(21-20-24-14-8-5-9-15-24)28(33)22-27(25-16-10-6-11-17-25)26-18-12-7-13-19-26/h5-19,23,27H,20-22H2,1-4H3,(H,31,34)/t23-/m0/s1. The minimum absolute atomic E-state index is 0.0230. The fourth-order valence-corrected chi connectivity index (χ4v) is 4.13. The molecule has 0 aliphatic heterocycles. The number of rotatable bonds is 9. The molecule has 0 fully saturated rings. The first-order valence-electron chi connectivity index (χ1n) is 12.0. The van der Waals surface area contributed by atoms with E-state index in [4.69, 9.17) is 0 Å². The van der Waals surface area contributed by atoms with Gasteiger partial charge in [-0.2, -0.15) is 0 Å². The molecule has 178 valence electrons. The van der Waals surface area contributed by atoms with E-state index in [0.29, 0.717) is 19.4 Å². The van der Waals surface area contributed by atoms with Crippen LogP contribution in [0.2, 0.25) is 0 Å². The lowest BCUT2D eigenvalue weighted by atomic mass is 9.88. The molecule has 0 aromatic heterocycles. The Hall–Kier alpha value is -3.40. The van der Waals surface area contributed by atoms with Gasteiger partial charge in [-0.15, -0.1) is 0 Å². The van der Waals surface area contributed by atoms with Crippen molar-refractivity contribution in [3.05, 3.63) is 108 Å². The number of amides is 2. The Morgan fingerprint density at radius 2 is 1.26 bits per heavy atom. The highest BCUT2D eigenvalue weighted by Crippen LogP contribution is 2.29. The lowest BCUT2D eigenvalue weighted by Crippen LogP contribution is -2.53. The van der Waals surface area contributed by atoms with Crippen molar-refractivity contribution in [3.63, 3.8) is 0 Å². The van der Waals surface area contributed by atoms with E-state index >= 15 is 0 Å². The Morgan fingerprint density at radius 1 is 0.794 bits per heavy atom. The van der Waals surface area contributed by atoms with Crippen LogP contribution in [0.3, 0.4) is 0 Å². The van der Waals surface area contributed by atoms with Crippen molar-refractivity contribution in [2.75, 3.05) is 6.54 Å². The van der Waals surface area contributed by atoms with Crippen molar-refractivity contribution >= 4 is 11.8 Å². The molecule has 4 nitrogen and oxygen atoms in total. The Labute approximate surface area is 204 Å². The molecule has 0 spiro atoms. The molecular formula is C30H36N2O2. The molecule has 3 rings (SSSR count). The molecule has 1 atom stereocenters. The van der Waals surface area contributed by atoms with Crippen LogP contribution in [0.15, 0.2) is 91.0 Å². The van der Waals surface area contributed by atoms with Gasteiger partial charge in [-0.05, 0) is 50.8 Å². The molecular weight excluding hydrogens is 420 g/mol. The minimum atomic E-state index is -0.567. The lowest BCUT2D eigenvalue weighted by molar-refractivity contribution is -0.140. The van der Waals surface area contributed by atoms with Gasteiger partial charge in [-0.3, -0.25) is 9.59 Å². The number of carbonyl (C=O) groups is 2. The highest BCUT2D eigenvalue weighted by atomic mass is 16.2. The van der Waals surface area contributed by atoms with Crippen LogP contribution in [0, 0.1) is 0 Å². The fraction of sp³-hybridized carbons (Fsp3) is 0.333. The van der Waals surface area contributed by atoms with Crippen molar-refractivity contribution < 1.29 is 9.59 Å². The largest absolute Gasteiger partial charge is 0.350 e. The molecule has 0 aliphatic carbocycles. The third kappa shape index (κ3) is 7.31. The van der Waals surface area contributed by atoms with Crippen molar-refractivity contribution in [2.24, 2.45) is 0 Å². The fourth-order valence-electron chi connectivity index (χ4n) is 4.13. The SMILES string of the molecule is C[C@@H](C(=O)NC(C)(C)C)N(CCc1ccccc1)C(=O)CC(c1ccccc1)c1ccccc1. The molecule has 2 amide bonds. The number of hydrogen-bond acceptors (Lipinski definition) is 2. The zero-order valence-corrected chi connectivity index (χ0v) is 20.7. The predicted octanol–water partition coefficient (Wildman–Crippen LogP) is 5.58. The van der Waals surface area contributed by atoms with E-state index < -0.39 is 6.04 Å². The van der Waals surface area contributed by atoms with E-state index in [1.165, 1.54) is 0 Å². The minimum Gasteiger partial charge on any atom is -0.350 e. The summed E-state index contributed by atoms with van der Waals surface area (Å²) in [5.74, 6) is -0.234. The molecule has 0 unspecified atom stereocenters. The summed E-state index contributed by atoms with van der Waals surface area (Å²) in [6.07, 6.45) is 0.997. The van der Waals surface area contributed by atoms with Crippen LogP contribution in [0.25, 0.3) is 0 Å². The molecule has 3 aromatic carbocycles. The Balaban J connectivity index is 1.86. The maximum Gasteiger partial charge on any atom is 0.242 e. The highest BCUT2D eigenvalue weighted by Gasteiger charge is 2.30. The zero-order chi connectivity index (χ0) is 24.6. The van der Waals surface area contributed by atoms with E-state index in [1.54, 1.807) is 4.90 Å². The summed E-state index contributed by atoms with van der Waals surface area (Å²) in [6, 6.07) is 29.8. The third-order valence-corrected chi connectivity index (χ3v) is 5.93. The Morgan fingerprint density at radius 3 is 1.74 bits per heavy atom. The van der Waals surface area contributed by atoms with Crippen molar-refractivity contribution in [2.45, 2.75) is 58.0 Å². The lowest BCUT2D eigenvalue weighted by Gasteiger charge is -2.32. The summed E-state index contributed by atoms with van der Waals surface area (Å²) in [7, 11) is 0. The molecule has 1 N–H and O–H groups in total. The van der Waals surface area contributed by atoms with E-state index in [0.717, 1.165) is 16.7 Å². The van der Waals surface area contributed by atoms with Crippen molar-refractivity contribution in [1.29, 1.82) is 0 Å². The first-order chi connectivity index (χ1) is 16.2. The van der Waals surface area contributed by atoms with Gasteiger partial charge in [0.05, 0.1) is 0 Å². The molecule has 0 heterocycles. The highest BCUT2D eigenvalue weighted by molar-refractivity contribution is 5.88. The smallest absolute Gasteiger partial charge is 0.242 e. The number of nitrogens with one attached hydrogen (secondary N) is 1. The second-order valence-electron chi connectivity index (χ2n) is 9.82. The van der Waals surface area contributed by atoms with Crippen LogP contribution in [0.1, 0.15) is 56.7 Å². The van der Waals surface area contributed by atoms with Gasteiger partial charge >= 0.3 is 0 Å². The predicted molar refractivity (Wildman–Crippen MR) is 139 cm³/mol. The maximum absolute atomic E-state index is 13.8. The number of benzene rings is 3. The van der Waals surface area contributed by atoms with Gasteiger partial charge in [0.25, 0.3) is 0 Å². The average molecular weight is 457 g/mol. The molecule has 0 bridgehead atoms. The van der Waals surface area contributed by atoms with Crippen LogP contribution in [0.5, 0.6) is 0 Å². The summed E-state index contributed by atoms with van der Waals surface area (Å²) < 4.78 is 0. The molecule has 0 aliphatic rings. The maximum atomic E-state index is 13.8. The number of carbonyl (C=O) groups excluding carboxylic acids is 2. The van der Waals surface area contributed by atoms with Crippen LogP contribution in [-0.2, 0) is 16.0 Å².